The van der Waals surface area contributed by atoms with E-state index in [4.69, 9.17) is 9.47 Å². The number of esters is 1. The molecule has 23 heavy (non-hydrogen) atoms. The molecule has 0 spiro atoms. The number of hydrogen-bond acceptors (Lipinski definition) is 5. The molecule has 0 radical (unpaired) electrons. The summed E-state index contributed by atoms with van der Waals surface area (Å²) < 4.78 is 10.6. The van der Waals surface area contributed by atoms with E-state index in [1.54, 1.807) is 37.3 Å². The number of hydrogen-bond donors (Lipinski definition) is 0. The lowest BCUT2D eigenvalue weighted by Gasteiger charge is -2.14. The Morgan fingerprint density at radius 2 is 1.96 bits per heavy atom. The van der Waals surface area contributed by atoms with Crippen molar-refractivity contribution in [2.24, 2.45) is 0 Å². The topological polar surface area (TPSA) is 78.7 Å². The van der Waals surface area contributed by atoms with Crippen molar-refractivity contribution in [1.82, 2.24) is 0 Å². The Morgan fingerprint density at radius 3 is 2.61 bits per heavy atom. The number of nitrogens with zero attached hydrogens (tertiary/aromatic N) is 1. The van der Waals surface area contributed by atoms with Gasteiger partial charge in [-0.1, -0.05) is 18.2 Å². The first-order valence-electron chi connectivity index (χ1n) is 7.02. The minimum atomic E-state index is -0.602. The highest BCUT2D eigenvalue weighted by atomic mass is 16.6. The Hall–Kier alpha value is -2.89. The van der Waals surface area contributed by atoms with Crippen LogP contribution in [0.3, 0.4) is 0 Å². The standard InChI is InChI=1S/C17H17NO5/c1-11-7-8-14(10-16(11)22-3)17(19)23-12(2)13-5-4-6-15(9-13)18(20)21/h4-10,12H,1-3H3/t12-/m0/s1. The van der Waals surface area contributed by atoms with E-state index < -0.39 is 17.0 Å². The van der Waals surface area contributed by atoms with Gasteiger partial charge in [-0.3, -0.25) is 10.1 Å². The first-order valence-corrected chi connectivity index (χ1v) is 7.02. The Morgan fingerprint density at radius 1 is 1.22 bits per heavy atom. The lowest BCUT2D eigenvalue weighted by molar-refractivity contribution is -0.385. The maximum absolute atomic E-state index is 12.2. The predicted octanol–water partition coefficient (Wildman–Crippen LogP) is 3.83. The van der Waals surface area contributed by atoms with E-state index in [2.05, 4.69) is 0 Å². The van der Waals surface area contributed by atoms with Gasteiger partial charge in [0.25, 0.3) is 5.69 Å². The van der Waals surface area contributed by atoms with Crippen molar-refractivity contribution in [3.63, 3.8) is 0 Å². The zero-order valence-corrected chi connectivity index (χ0v) is 13.1. The molecule has 0 amide bonds. The zero-order valence-electron chi connectivity index (χ0n) is 13.1. The van der Waals surface area contributed by atoms with E-state index in [1.807, 2.05) is 6.92 Å². The third-order valence-corrected chi connectivity index (χ3v) is 3.48. The summed E-state index contributed by atoms with van der Waals surface area (Å²) in [6.45, 7) is 3.54. The van der Waals surface area contributed by atoms with Crippen molar-refractivity contribution >= 4 is 11.7 Å². The van der Waals surface area contributed by atoms with E-state index in [0.29, 0.717) is 16.9 Å². The number of carbonyl (C=O) groups excluding carboxylic acids is 1. The summed E-state index contributed by atoms with van der Waals surface area (Å²) in [5.74, 6) is 0.0877. The first-order chi connectivity index (χ1) is 10.9. The molecule has 1 atom stereocenters. The van der Waals surface area contributed by atoms with Gasteiger partial charge in [0.2, 0.25) is 0 Å². The molecule has 2 aromatic rings. The van der Waals surface area contributed by atoms with Crippen molar-refractivity contribution in [3.05, 3.63) is 69.3 Å². The van der Waals surface area contributed by atoms with Crippen molar-refractivity contribution in [3.8, 4) is 5.75 Å². The van der Waals surface area contributed by atoms with Crippen LogP contribution in [0.1, 0.15) is 34.5 Å². The molecule has 0 unspecified atom stereocenters. The van der Waals surface area contributed by atoms with E-state index in [1.165, 1.54) is 19.2 Å². The van der Waals surface area contributed by atoms with Gasteiger partial charge in [-0.05, 0) is 37.1 Å². The fourth-order valence-electron chi connectivity index (χ4n) is 2.13. The first kappa shape index (κ1) is 16.5. The fraction of sp³-hybridized carbons (Fsp3) is 0.235. The van der Waals surface area contributed by atoms with Gasteiger partial charge >= 0.3 is 5.97 Å². The van der Waals surface area contributed by atoms with Crippen molar-refractivity contribution in [1.29, 1.82) is 0 Å². The lowest BCUT2D eigenvalue weighted by Crippen LogP contribution is -2.10. The third kappa shape index (κ3) is 3.85. The summed E-state index contributed by atoms with van der Waals surface area (Å²) in [6.07, 6.45) is -0.602. The number of benzene rings is 2. The van der Waals surface area contributed by atoms with Crippen LogP contribution in [0.25, 0.3) is 0 Å². The number of carbonyl (C=O) groups is 1. The van der Waals surface area contributed by atoms with Crippen LogP contribution in [0.5, 0.6) is 5.75 Å². The van der Waals surface area contributed by atoms with Gasteiger partial charge in [-0.2, -0.15) is 0 Å². The second kappa shape index (κ2) is 6.91. The Kier molecular flexibility index (Phi) is 4.95. The van der Waals surface area contributed by atoms with Gasteiger partial charge < -0.3 is 9.47 Å². The summed E-state index contributed by atoms with van der Waals surface area (Å²) in [4.78, 5) is 22.5. The van der Waals surface area contributed by atoms with Crippen molar-refractivity contribution in [2.45, 2.75) is 20.0 Å². The summed E-state index contributed by atoms with van der Waals surface area (Å²) in [7, 11) is 1.53. The molecule has 0 aliphatic carbocycles. The molecule has 2 aromatic carbocycles. The molecule has 0 aliphatic heterocycles. The molecular weight excluding hydrogens is 298 g/mol. The molecule has 0 heterocycles. The zero-order chi connectivity index (χ0) is 17.0. The number of nitro groups is 1. The summed E-state index contributed by atoms with van der Waals surface area (Å²) in [5, 5.41) is 10.8. The highest BCUT2D eigenvalue weighted by Crippen LogP contribution is 2.24. The largest absolute Gasteiger partial charge is 0.496 e. The molecule has 0 aliphatic rings. The van der Waals surface area contributed by atoms with Crippen LogP contribution in [0.15, 0.2) is 42.5 Å². The molecule has 0 N–H and O–H groups in total. The van der Waals surface area contributed by atoms with E-state index in [0.717, 1.165) is 5.56 Å². The number of methoxy groups -OCH3 is 1. The molecular formula is C17H17NO5. The van der Waals surface area contributed by atoms with Gasteiger partial charge in [0.05, 0.1) is 17.6 Å². The lowest BCUT2D eigenvalue weighted by atomic mass is 10.1. The molecule has 0 bridgehead atoms. The number of nitro benzene ring substituents is 1. The minimum Gasteiger partial charge on any atom is -0.496 e. The molecule has 0 aromatic heterocycles. The molecule has 0 saturated heterocycles. The van der Waals surface area contributed by atoms with Crippen molar-refractivity contribution in [2.75, 3.05) is 7.11 Å². The molecule has 6 heteroatoms. The summed E-state index contributed by atoms with van der Waals surface area (Å²) in [6, 6.07) is 11.1. The minimum absolute atomic E-state index is 0.0394. The van der Waals surface area contributed by atoms with Crippen LogP contribution in [-0.2, 0) is 4.74 Å². The van der Waals surface area contributed by atoms with Gasteiger partial charge in [-0.25, -0.2) is 4.79 Å². The van der Waals surface area contributed by atoms with Gasteiger partial charge in [0.15, 0.2) is 0 Å². The maximum atomic E-state index is 12.2. The average Bonchev–Trinajstić information content (AvgIpc) is 2.55. The van der Waals surface area contributed by atoms with Crippen LogP contribution < -0.4 is 4.74 Å². The third-order valence-electron chi connectivity index (χ3n) is 3.48. The smallest absolute Gasteiger partial charge is 0.338 e. The van der Waals surface area contributed by atoms with Crippen LogP contribution in [0.2, 0.25) is 0 Å². The molecule has 0 fully saturated rings. The average molecular weight is 315 g/mol. The normalized spacial score (nSPS) is 11.6. The fourth-order valence-corrected chi connectivity index (χ4v) is 2.13. The second-order valence-corrected chi connectivity index (χ2v) is 5.08. The van der Waals surface area contributed by atoms with Gasteiger partial charge in [0.1, 0.15) is 11.9 Å². The summed E-state index contributed by atoms with van der Waals surface area (Å²) in [5.41, 5.74) is 1.80. The monoisotopic (exact) mass is 315 g/mol. The SMILES string of the molecule is COc1cc(C(=O)O[C@@H](C)c2cccc([N+](=O)[O-])c2)ccc1C. The van der Waals surface area contributed by atoms with E-state index >= 15 is 0 Å². The Bertz CT molecular complexity index is 742. The number of rotatable bonds is 5. The van der Waals surface area contributed by atoms with E-state index in [9.17, 15) is 14.9 Å². The predicted molar refractivity (Wildman–Crippen MR) is 84.7 cm³/mol. The Labute approximate surface area is 133 Å². The van der Waals surface area contributed by atoms with Gasteiger partial charge in [-0.15, -0.1) is 0 Å². The van der Waals surface area contributed by atoms with E-state index in [-0.39, 0.29) is 5.69 Å². The van der Waals surface area contributed by atoms with Gasteiger partial charge in [0, 0.05) is 12.1 Å². The van der Waals surface area contributed by atoms with Crippen LogP contribution in [0.4, 0.5) is 5.69 Å². The molecule has 0 saturated carbocycles. The van der Waals surface area contributed by atoms with Crippen molar-refractivity contribution < 1.29 is 19.2 Å². The number of ether oxygens (including phenoxy) is 2. The summed E-state index contributed by atoms with van der Waals surface area (Å²) >= 11 is 0. The maximum Gasteiger partial charge on any atom is 0.338 e. The number of aryl methyl sites for hydroxylation is 1. The van der Waals surface area contributed by atoms with Crippen LogP contribution in [0, 0.1) is 17.0 Å². The number of non-ortho nitro benzene ring substituents is 1. The Balaban J connectivity index is 2.16. The highest BCUT2D eigenvalue weighted by Gasteiger charge is 2.17. The van der Waals surface area contributed by atoms with Crippen LogP contribution in [-0.4, -0.2) is 18.0 Å². The van der Waals surface area contributed by atoms with Crippen LogP contribution >= 0.6 is 0 Å². The highest BCUT2D eigenvalue weighted by molar-refractivity contribution is 5.90. The molecule has 6 nitrogen and oxygen atoms in total. The molecule has 120 valence electrons. The molecule has 2 rings (SSSR count). The second-order valence-electron chi connectivity index (χ2n) is 5.08. The quantitative estimate of drug-likeness (QED) is 0.476.